The van der Waals surface area contributed by atoms with E-state index in [9.17, 15) is 10.1 Å². The van der Waals surface area contributed by atoms with Crippen LogP contribution >= 0.6 is 0 Å². The van der Waals surface area contributed by atoms with Crippen molar-refractivity contribution in [1.29, 1.82) is 0 Å². The molecule has 0 aliphatic heterocycles. The van der Waals surface area contributed by atoms with Crippen LogP contribution in [0.5, 0.6) is 0 Å². The molecule has 98 valence electrons. The average Bonchev–Trinajstić information content (AvgIpc) is 2.46. The van der Waals surface area contributed by atoms with Gasteiger partial charge in [-0.2, -0.15) is 0 Å². The molecule has 1 unspecified atom stereocenters. The summed E-state index contributed by atoms with van der Waals surface area (Å²) in [5.41, 5.74) is 1.65. The average molecular weight is 257 g/mol. The van der Waals surface area contributed by atoms with Gasteiger partial charge in [0.2, 0.25) is 0 Å². The molecule has 0 aliphatic carbocycles. The Labute approximate surface area is 111 Å². The third kappa shape index (κ3) is 3.14. The maximum absolute atomic E-state index is 11.0. The van der Waals surface area contributed by atoms with Crippen molar-refractivity contribution in [3.8, 4) is 0 Å². The predicted octanol–water partition coefficient (Wildman–Crippen LogP) is 2.49. The molecule has 5 heteroatoms. The van der Waals surface area contributed by atoms with Crippen molar-refractivity contribution in [3.63, 3.8) is 0 Å². The minimum atomic E-state index is -0.389. The lowest BCUT2D eigenvalue weighted by Crippen LogP contribution is -2.19. The summed E-state index contributed by atoms with van der Waals surface area (Å²) in [5, 5.41) is 14.1. The number of nitrogens with zero attached hydrogens (tertiary/aromatic N) is 2. The second kappa shape index (κ2) is 6.06. The Bertz CT molecular complexity index is 558. The molecule has 0 aliphatic rings. The van der Waals surface area contributed by atoms with E-state index in [0.717, 1.165) is 5.56 Å². The molecule has 0 saturated carbocycles. The van der Waals surface area contributed by atoms with Crippen molar-refractivity contribution in [2.45, 2.75) is 12.5 Å². The summed E-state index contributed by atoms with van der Waals surface area (Å²) in [4.78, 5) is 14.7. The second-order valence-corrected chi connectivity index (χ2v) is 4.18. The molecule has 0 fully saturated rings. The molecule has 0 amide bonds. The zero-order chi connectivity index (χ0) is 13.7. The van der Waals surface area contributed by atoms with Crippen LogP contribution in [-0.4, -0.2) is 17.0 Å². The molecular formula is C14H15N3O2. The van der Waals surface area contributed by atoms with Gasteiger partial charge in [0, 0.05) is 24.7 Å². The van der Waals surface area contributed by atoms with Crippen LogP contribution in [0, 0.1) is 10.1 Å². The van der Waals surface area contributed by atoms with Crippen molar-refractivity contribution in [1.82, 2.24) is 10.3 Å². The molecule has 0 radical (unpaired) electrons. The maximum atomic E-state index is 11.0. The van der Waals surface area contributed by atoms with Gasteiger partial charge in [0.15, 0.2) is 0 Å². The van der Waals surface area contributed by atoms with Crippen LogP contribution in [0.15, 0.2) is 48.7 Å². The maximum Gasteiger partial charge on any atom is 0.290 e. The highest BCUT2D eigenvalue weighted by Crippen LogP contribution is 2.22. The summed E-state index contributed by atoms with van der Waals surface area (Å²) in [7, 11) is 1.84. The number of likely N-dealkylation sites (N-methyl/N-ethyl adjacent to an activating group) is 1. The van der Waals surface area contributed by atoms with E-state index in [1.165, 1.54) is 6.07 Å². The van der Waals surface area contributed by atoms with Crippen LogP contribution in [0.3, 0.4) is 0 Å². The number of rotatable bonds is 5. The van der Waals surface area contributed by atoms with E-state index in [2.05, 4.69) is 10.3 Å². The Balaban J connectivity index is 2.27. The van der Waals surface area contributed by atoms with Crippen molar-refractivity contribution >= 4 is 5.69 Å². The Hall–Kier alpha value is -2.27. The van der Waals surface area contributed by atoms with Crippen LogP contribution in [0.1, 0.15) is 17.3 Å². The summed E-state index contributed by atoms with van der Waals surface area (Å²) < 4.78 is 0. The highest BCUT2D eigenvalue weighted by atomic mass is 16.6. The summed E-state index contributed by atoms with van der Waals surface area (Å²) in [6.45, 7) is 0. The fourth-order valence-electron chi connectivity index (χ4n) is 2.02. The fourth-order valence-corrected chi connectivity index (χ4v) is 2.02. The van der Waals surface area contributed by atoms with Gasteiger partial charge >= 0.3 is 0 Å². The van der Waals surface area contributed by atoms with Crippen LogP contribution in [-0.2, 0) is 6.42 Å². The number of benzene rings is 1. The molecule has 5 nitrogen and oxygen atoms in total. The van der Waals surface area contributed by atoms with Gasteiger partial charge in [-0.1, -0.05) is 30.3 Å². The van der Waals surface area contributed by atoms with Crippen molar-refractivity contribution in [3.05, 3.63) is 70.0 Å². The third-order valence-electron chi connectivity index (χ3n) is 3.01. The Morgan fingerprint density at radius 3 is 2.63 bits per heavy atom. The van der Waals surface area contributed by atoms with Gasteiger partial charge in [-0.25, -0.2) is 0 Å². The third-order valence-corrected chi connectivity index (χ3v) is 3.01. The molecular weight excluding hydrogens is 242 g/mol. The summed E-state index contributed by atoms with van der Waals surface area (Å²) in [5.74, 6) is 0. The molecule has 1 N–H and O–H groups in total. The SMILES string of the molecule is CNC(Cc1ncccc1[N+](=O)[O-])c1ccccc1. The minimum absolute atomic E-state index is 0.00907. The van der Waals surface area contributed by atoms with Gasteiger partial charge in [-0.05, 0) is 18.7 Å². The molecule has 1 aromatic carbocycles. The number of aromatic nitrogens is 1. The smallest absolute Gasteiger partial charge is 0.290 e. The normalized spacial score (nSPS) is 12.1. The van der Waals surface area contributed by atoms with Gasteiger partial charge in [-0.3, -0.25) is 15.1 Å². The zero-order valence-electron chi connectivity index (χ0n) is 10.6. The van der Waals surface area contributed by atoms with E-state index < -0.39 is 0 Å². The lowest BCUT2D eigenvalue weighted by Gasteiger charge is -2.16. The Morgan fingerprint density at radius 2 is 2.00 bits per heavy atom. The summed E-state index contributed by atoms with van der Waals surface area (Å²) in [6.07, 6.45) is 2.07. The highest BCUT2D eigenvalue weighted by molar-refractivity contribution is 5.36. The number of nitro groups is 1. The second-order valence-electron chi connectivity index (χ2n) is 4.18. The van der Waals surface area contributed by atoms with Gasteiger partial charge < -0.3 is 5.32 Å². The largest absolute Gasteiger partial charge is 0.313 e. The van der Waals surface area contributed by atoms with Crippen molar-refractivity contribution in [2.75, 3.05) is 7.05 Å². The monoisotopic (exact) mass is 257 g/mol. The Kier molecular flexibility index (Phi) is 4.20. The van der Waals surface area contributed by atoms with Crippen LogP contribution in [0.25, 0.3) is 0 Å². The highest BCUT2D eigenvalue weighted by Gasteiger charge is 2.18. The van der Waals surface area contributed by atoms with Gasteiger partial charge in [0.25, 0.3) is 5.69 Å². The standard InChI is InChI=1S/C14H15N3O2/c1-15-12(11-6-3-2-4-7-11)10-13-14(17(18)19)8-5-9-16-13/h2-9,12,15H,10H2,1H3. The van der Waals surface area contributed by atoms with Crippen molar-refractivity contribution in [2.24, 2.45) is 0 Å². The lowest BCUT2D eigenvalue weighted by atomic mass is 10.0. The van der Waals surface area contributed by atoms with E-state index in [1.807, 2.05) is 37.4 Å². The Morgan fingerprint density at radius 1 is 1.26 bits per heavy atom. The molecule has 0 saturated heterocycles. The van der Waals surface area contributed by atoms with Gasteiger partial charge in [0.05, 0.1) is 4.92 Å². The topological polar surface area (TPSA) is 68.1 Å². The summed E-state index contributed by atoms with van der Waals surface area (Å²) in [6, 6.07) is 12.9. The van der Waals surface area contributed by atoms with Gasteiger partial charge in [0.1, 0.15) is 5.69 Å². The minimum Gasteiger partial charge on any atom is -0.313 e. The number of nitrogens with one attached hydrogen (secondary N) is 1. The van der Waals surface area contributed by atoms with E-state index >= 15 is 0 Å². The molecule has 1 heterocycles. The first-order valence-electron chi connectivity index (χ1n) is 6.03. The fraction of sp³-hybridized carbons (Fsp3) is 0.214. The lowest BCUT2D eigenvalue weighted by molar-refractivity contribution is -0.386. The van der Waals surface area contributed by atoms with Crippen LogP contribution < -0.4 is 5.32 Å². The zero-order valence-corrected chi connectivity index (χ0v) is 10.6. The molecule has 2 rings (SSSR count). The predicted molar refractivity (Wildman–Crippen MR) is 72.8 cm³/mol. The first kappa shape index (κ1) is 13.2. The van der Waals surface area contributed by atoms with Crippen molar-refractivity contribution < 1.29 is 4.92 Å². The molecule has 1 atom stereocenters. The molecule has 2 aromatic rings. The van der Waals surface area contributed by atoms with E-state index in [-0.39, 0.29) is 16.7 Å². The molecule has 1 aromatic heterocycles. The quantitative estimate of drug-likeness (QED) is 0.660. The molecule has 19 heavy (non-hydrogen) atoms. The molecule has 0 spiro atoms. The number of hydrogen-bond acceptors (Lipinski definition) is 4. The summed E-state index contributed by atoms with van der Waals surface area (Å²) >= 11 is 0. The van der Waals surface area contributed by atoms with E-state index in [0.29, 0.717) is 12.1 Å². The van der Waals surface area contributed by atoms with E-state index in [4.69, 9.17) is 0 Å². The van der Waals surface area contributed by atoms with Gasteiger partial charge in [-0.15, -0.1) is 0 Å². The van der Waals surface area contributed by atoms with Crippen LogP contribution in [0.4, 0.5) is 5.69 Å². The van der Waals surface area contributed by atoms with Crippen LogP contribution in [0.2, 0.25) is 0 Å². The first-order chi connectivity index (χ1) is 9.22. The molecule has 0 bridgehead atoms. The number of pyridine rings is 1. The first-order valence-corrected chi connectivity index (χ1v) is 6.03. The number of hydrogen-bond donors (Lipinski definition) is 1. The van der Waals surface area contributed by atoms with E-state index in [1.54, 1.807) is 12.3 Å².